The summed E-state index contributed by atoms with van der Waals surface area (Å²) >= 11 is 3.44. The first kappa shape index (κ1) is 14.8. The van der Waals surface area contributed by atoms with E-state index < -0.39 is 0 Å². The summed E-state index contributed by atoms with van der Waals surface area (Å²) in [5, 5.41) is 3.59. The Bertz CT molecular complexity index is 484. The maximum atomic E-state index is 12.0. The van der Waals surface area contributed by atoms with Crippen molar-refractivity contribution in [3.05, 3.63) is 32.7 Å². The molecule has 1 aliphatic carbocycles. The predicted octanol–water partition coefficient (Wildman–Crippen LogP) is 3.09. The number of rotatable bonds is 4. The Morgan fingerprint density at radius 3 is 3.00 bits per heavy atom. The van der Waals surface area contributed by atoms with E-state index in [9.17, 15) is 4.79 Å². The highest BCUT2D eigenvalue weighted by Crippen LogP contribution is 2.23. The van der Waals surface area contributed by atoms with Gasteiger partial charge in [0, 0.05) is 35.4 Å². The van der Waals surface area contributed by atoms with Gasteiger partial charge in [0.1, 0.15) is 0 Å². The molecule has 3 nitrogen and oxygen atoms in total. The molecule has 0 bridgehead atoms. The third-order valence-electron chi connectivity index (χ3n) is 3.95. The van der Waals surface area contributed by atoms with Crippen molar-refractivity contribution in [3.8, 4) is 0 Å². The standard InChI is InChI=1S/C15H23BrN2O/c1-11-4-3-5-14(8-11)17-6-7-18-10-13(16)9-12(2)15(18)19/h9-11,14,17H,3-8H2,1-2H3. The van der Waals surface area contributed by atoms with Crippen LogP contribution in [0.15, 0.2) is 21.5 Å². The molecule has 106 valence electrons. The fourth-order valence-corrected chi connectivity index (χ4v) is 3.51. The quantitative estimate of drug-likeness (QED) is 0.922. The summed E-state index contributed by atoms with van der Waals surface area (Å²) in [5.74, 6) is 0.835. The zero-order chi connectivity index (χ0) is 13.8. The van der Waals surface area contributed by atoms with Crippen LogP contribution in [-0.4, -0.2) is 17.2 Å². The van der Waals surface area contributed by atoms with E-state index in [-0.39, 0.29) is 5.56 Å². The number of nitrogens with zero attached hydrogens (tertiary/aromatic N) is 1. The Labute approximate surface area is 123 Å². The zero-order valence-corrected chi connectivity index (χ0v) is 13.4. The largest absolute Gasteiger partial charge is 0.313 e. The van der Waals surface area contributed by atoms with E-state index in [1.165, 1.54) is 25.7 Å². The second kappa shape index (κ2) is 6.71. The van der Waals surface area contributed by atoms with Gasteiger partial charge in [-0.15, -0.1) is 0 Å². The Morgan fingerprint density at radius 1 is 1.47 bits per heavy atom. The Kier molecular flexibility index (Phi) is 5.22. The van der Waals surface area contributed by atoms with Gasteiger partial charge in [-0.2, -0.15) is 0 Å². The molecular formula is C15H23BrN2O. The van der Waals surface area contributed by atoms with Crippen molar-refractivity contribution in [1.29, 1.82) is 0 Å². The van der Waals surface area contributed by atoms with Crippen molar-refractivity contribution in [2.24, 2.45) is 5.92 Å². The molecule has 1 aromatic heterocycles. The van der Waals surface area contributed by atoms with Crippen molar-refractivity contribution < 1.29 is 0 Å². The highest BCUT2D eigenvalue weighted by atomic mass is 79.9. The number of halogens is 1. The highest BCUT2D eigenvalue weighted by Gasteiger charge is 2.17. The van der Waals surface area contributed by atoms with Gasteiger partial charge in [-0.25, -0.2) is 0 Å². The van der Waals surface area contributed by atoms with E-state index in [1.54, 1.807) is 4.57 Å². The molecule has 2 unspecified atom stereocenters. The monoisotopic (exact) mass is 326 g/mol. The van der Waals surface area contributed by atoms with Crippen LogP contribution in [-0.2, 0) is 6.54 Å². The summed E-state index contributed by atoms with van der Waals surface area (Å²) in [6.45, 7) is 5.80. The number of hydrogen-bond donors (Lipinski definition) is 1. The minimum atomic E-state index is 0.113. The van der Waals surface area contributed by atoms with Gasteiger partial charge in [-0.1, -0.05) is 19.8 Å². The van der Waals surface area contributed by atoms with E-state index in [1.807, 2.05) is 19.2 Å². The first-order valence-electron chi connectivity index (χ1n) is 7.16. The molecular weight excluding hydrogens is 304 g/mol. The van der Waals surface area contributed by atoms with Crippen LogP contribution in [0.4, 0.5) is 0 Å². The lowest BCUT2D eigenvalue weighted by Crippen LogP contribution is -2.37. The molecule has 4 heteroatoms. The summed E-state index contributed by atoms with van der Waals surface area (Å²) in [4.78, 5) is 12.0. The molecule has 0 aliphatic heterocycles. The van der Waals surface area contributed by atoms with Crippen LogP contribution in [0.1, 0.15) is 38.2 Å². The lowest BCUT2D eigenvalue weighted by Gasteiger charge is -2.27. The molecule has 2 atom stereocenters. The summed E-state index contributed by atoms with van der Waals surface area (Å²) < 4.78 is 2.76. The summed E-state index contributed by atoms with van der Waals surface area (Å²) in [5.41, 5.74) is 0.905. The van der Waals surface area contributed by atoms with Crippen LogP contribution in [0.5, 0.6) is 0 Å². The third kappa shape index (κ3) is 4.18. The molecule has 19 heavy (non-hydrogen) atoms. The van der Waals surface area contributed by atoms with Gasteiger partial charge in [-0.05, 0) is 47.7 Å². The fourth-order valence-electron chi connectivity index (χ4n) is 2.91. The minimum Gasteiger partial charge on any atom is -0.313 e. The van der Waals surface area contributed by atoms with E-state index in [4.69, 9.17) is 0 Å². The number of aromatic nitrogens is 1. The lowest BCUT2D eigenvalue weighted by molar-refractivity contribution is 0.299. The third-order valence-corrected chi connectivity index (χ3v) is 4.39. The van der Waals surface area contributed by atoms with E-state index in [0.29, 0.717) is 6.04 Å². The fraction of sp³-hybridized carbons (Fsp3) is 0.667. The van der Waals surface area contributed by atoms with E-state index >= 15 is 0 Å². The number of pyridine rings is 1. The second-order valence-corrected chi connectivity index (χ2v) is 6.68. The van der Waals surface area contributed by atoms with E-state index in [2.05, 4.69) is 28.2 Å². The predicted molar refractivity (Wildman–Crippen MR) is 82.6 cm³/mol. The Hall–Kier alpha value is -0.610. The van der Waals surface area contributed by atoms with Gasteiger partial charge in [0.2, 0.25) is 0 Å². The summed E-state index contributed by atoms with van der Waals surface area (Å²) in [6, 6.07) is 2.50. The first-order chi connectivity index (χ1) is 9.06. The summed E-state index contributed by atoms with van der Waals surface area (Å²) in [6.07, 6.45) is 7.11. The SMILES string of the molecule is Cc1cc(Br)cn(CCNC2CCCC(C)C2)c1=O. The zero-order valence-electron chi connectivity index (χ0n) is 11.8. The minimum absolute atomic E-state index is 0.113. The number of hydrogen-bond acceptors (Lipinski definition) is 2. The van der Waals surface area contributed by atoms with Crippen LogP contribution in [0.2, 0.25) is 0 Å². The molecule has 1 heterocycles. The van der Waals surface area contributed by atoms with Crippen LogP contribution < -0.4 is 10.9 Å². The normalized spacial score (nSPS) is 23.5. The van der Waals surface area contributed by atoms with Crippen LogP contribution in [0, 0.1) is 12.8 Å². The molecule has 1 aliphatic rings. The van der Waals surface area contributed by atoms with Crippen molar-refractivity contribution in [2.45, 2.75) is 52.1 Å². The van der Waals surface area contributed by atoms with Gasteiger partial charge in [-0.3, -0.25) is 4.79 Å². The molecule has 2 rings (SSSR count). The van der Waals surface area contributed by atoms with Gasteiger partial charge < -0.3 is 9.88 Å². The van der Waals surface area contributed by atoms with Gasteiger partial charge in [0.05, 0.1) is 0 Å². The van der Waals surface area contributed by atoms with Crippen LogP contribution >= 0.6 is 15.9 Å². The molecule has 1 fully saturated rings. The molecule has 0 spiro atoms. The molecule has 0 radical (unpaired) electrons. The Morgan fingerprint density at radius 2 is 2.26 bits per heavy atom. The molecule has 0 aromatic carbocycles. The topological polar surface area (TPSA) is 34.0 Å². The van der Waals surface area contributed by atoms with Gasteiger partial charge >= 0.3 is 0 Å². The molecule has 1 N–H and O–H groups in total. The molecule has 0 amide bonds. The van der Waals surface area contributed by atoms with E-state index in [0.717, 1.165) is 29.0 Å². The van der Waals surface area contributed by atoms with Crippen molar-refractivity contribution in [1.82, 2.24) is 9.88 Å². The van der Waals surface area contributed by atoms with Crippen LogP contribution in [0.3, 0.4) is 0 Å². The molecule has 1 aromatic rings. The maximum absolute atomic E-state index is 12.0. The average Bonchev–Trinajstić information content (AvgIpc) is 2.35. The summed E-state index contributed by atoms with van der Waals surface area (Å²) in [7, 11) is 0. The maximum Gasteiger partial charge on any atom is 0.253 e. The van der Waals surface area contributed by atoms with Crippen molar-refractivity contribution >= 4 is 15.9 Å². The highest BCUT2D eigenvalue weighted by molar-refractivity contribution is 9.10. The van der Waals surface area contributed by atoms with Gasteiger partial charge in [0.25, 0.3) is 5.56 Å². The number of nitrogens with one attached hydrogen (secondary N) is 1. The van der Waals surface area contributed by atoms with Gasteiger partial charge in [0.15, 0.2) is 0 Å². The van der Waals surface area contributed by atoms with Crippen LogP contribution in [0.25, 0.3) is 0 Å². The average molecular weight is 327 g/mol. The van der Waals surface area contributed by atoms with Crippen molar-refractivity contribution in [3.63, 3.8) is 0 Å². The number of aryl methyl sites for hydroxylation is 1. The lowest BCUT2D eigenvalue weighted by atomic mass is 9.87. The van der Waals surface area contributed by atoms with Crippen molar-refractivity contribution in [2.75, 3.05) is 6.54 Å². The first-order valence-corrected chi connectivity index (χ1v) is 7.95. The smallest absolute Gasteiger partial charge is 0.253 e. The second-order valence-electron chi connectivity index (χ2n) is 5.76. The molecule has 1 saturated carbocycles. The molecule has 0 saturated heterocycles. The Balaban J connectivity index is 1.87.